The molecule has 3 heterocycles. The number of piperazine rings is 1. The zero-order chi connectivity index (χ0) is 16.5. The Labute approximate surface area is 151 Å². The van der Waals surface area contributed by atoms with Crippen molar-refractivity contribution in [1.29, 1.82) is 0 Å². The zero-order valence-electron chi connectivity index (χ0n) is 14.2. The molecule has 1 saturated heterocycles. The summed E-state index contributed by atoms with van der Waals surface area (Å²) < 4.78 is 0. The van der Waals surface area contributed by atoms with Crippen molar-refractivity contribution in [2.45, 2.75) is 32.7 Å². The van der Waals surface area contributed by atoms with Gasteiger partial charge in [0.25, 0.3) is 5.91 Å². The predicted molar refractivity (Wildman–Crippen MR) is 101 cm³/mol. The molecule has 0 N–H and O–H groups in total. The summed E-state index contributed by atoms with van der Waals surface area (Å²) in [6.45, 7) is 6.98. The molecule has 0 spiro atoms. The smallest absolute Gasteiger partial charge is 0.264 e. The van der Waals surface area contributed by atoms with Crippen LogP contribution in [0.5, 0.6) is 0 Å². The van der Waals surface area contributed by atoms with E-state index >= 15 is 0 Å². The fraction of sp³-hybridized carbons (Fsp3) is 0.526. The van der Waals surface area contributed by atoms with Crippen LogP contribution in [-0.2, 0) is 19.4 Å². The Balaban J connectivity index is 1.36. The van der Waals surface area contributed by atoms with Gasteiger partial charge in [-0.25, -0.2) is 0 Å². The van der Waals surface area contributed by atoms with E-state index in [4.69, 9.17) is 0 Å². The minimum atomic E-state index is 0.247. The Hall–Kier alpha value is -1.17. The number of aryl methyl sites for hydroxylation is 1. The quantitative estimate of drug-likeness (QED) is 0.829. The van der Waals surface area contributed by atoms with Crippen LogP contribution in [0.1, 0.15) is 39.0 Å². The highest BCUT2D eigenvalue weighted by Crippen LogP contribution is 2.32. The topological polar surface area (TPSA) is 23.6 Å². The van der Waals surface area contributed by atoms with Crippen molar-refractivity contribution < 1.29 is 4.79 Å². The lowest BCUT2D eigenvalue weighted by molar-refractivity contribution is 0.0633. The Morgan fingerprint density at radius 1 is 1.29 bits per heavy atom. The van der Waals surface area contributed by atoms with E-state index in [1.54, 1.807) is 22.7 Å². The molecule has 2 aliphatic rings. The maximum Gasteiger partial charge on any atom is 0.264 e. The monoisotopic (exact) mass is 360 g/mol. The van der Waals surface area contributed by atoms with Gasteiger partial charge in [0.15, 0.2) is 0 Å². The summed E-state index contributed by atoms with van der Waals surface area (Å²) in [7, 11) is 0. The van der Waals surface area contributed by atoms with Crippen molar-refractivity contribution in [3.8, 4) is 0 Å². The fourth-order valence-corrected chi connectivity index (χ4v) is 5.55. The van der Waals surface area contributed by atoms with Gasteiger partial charge >= 0.3 is 0 Å². The number of carbonyl (C=O) groups excluding carboxylic acids is 1. The van der Waals surface area contributed by atoms with E-state index in [0.717, 1.165) is 56.4 Å². The average Bonchev–Trinajstić information content (AvgIpc) is 3.24. The number of amides is 1. The van der Waals surface area contributed by atoms with E-state index in [9.17, 15) is 4.79 Å². The summed E-state index contributed by atoms with van der Waals surface area (Å²) in [4.78, 5) is 19.8. The number of nitrogens with zero attached hydrogens (tertiary/aromatic N) is 2. The Morgan fingerprint density at radius 3 is 2.88 bits per heavy atom. The van der Waals surface area contributed by atoms with E-state index in [-0.39, 0.29) is 5.91 Å². The van der Waals surface area contributed by atoms with Crippen LogP contribution < -0.4 is 0 Å². The van der Waals surface area contributed by atoms with Crippen LogP contribution in [0.15, 0.2) is 22.9 Å². The second-order valence-electron chi connectivity index (χ2n) is 7.11. The van der Waals surface area contributed by atoms with Gasteiger partial charge in [0.05, 0.1) is 4.88 Å². The molecule has 2 aromatic rings. The first-order valence-electron chi connectivity index (χ1n) is 8.83. The first-order chi connectivity index (χ1) is 11.7. The number of rotatable bonds is 3. The molecule has 1 atom stereocenters. The van der Waals surface area contributed by atoms with E-state index < -0.39 is 0 Å². The lowest BCUT2D eigenvalue weighted by Crippen LogP contribution is -2.48. The third-order valence-electron chi connectivity index (χ3n) is 5.19. The molecule has 2 aromatic heterocycles. The molecule has 128 valence electrons. The highest BCUT2D eigenvalue weighted by atomic mass is 32.1. The molecule has 0 bridgehead atoms. The van der Waals surface area contributed by atoms with Gasteiger partial charge in [0, 0.05) is 37.6 Å². The first kappa shape index (κ1) is 16.3. The van der Waals surface area contributed by atoms with Gasteiger partial charge in [-0.1, -0.05) is 6.92 Å². The lowest BCUT2D eigenvalue weighted by Gasteiger charge is -2.34. The third kappa shape index (κ3) is 3.44. The van der Waals surface area contributed by atoms with Crippen molar-refractivity contribution in [1.82, 2.24) is 9.80 Å². The normalized spacial score (nSPS) is 21.7. The number of carbonyl (C=O) groups is 1. The van der Waals surface area contributed by atoms with Crippen LogP contribution in [0.4, 0.5) is 0 Å². The Kier molecular flexibility index (Phi) is 4.74. The SMILES string of the molecule is C[C@H]1CCc2sc(C(=O)N3CCN(Cc4ccsc4)CC3)cc2C1. The lowest BCUT2D eigenvalue weighted by atomic mass is 9.90. The van der Waals surface area contributed by atoms with Crippen molar-refractivity contribution in [3.63, 3.8) is 0 Å². The van der Waals surface area contributed by atoms with Crippen molar-refractivity contribution in [3.05, 3.63) is 43.8 Å². The summed E-state index contributed by atoms with van der Waals surface area (Å²) in [6, 6.07) is 4.37. The van der Waals surface area contributed by atoms with E-state index in [1.807, 2.05) is 4.90 Å². The second-order valence-corrected chi connectivity index (χ2v) is 9.02. The fourth-order valence-electron chi connectivity index (χ4n) is 3.72. The van der Waals surface area contributed by atoms with Crippen LogP contribution in [0.25, 0.3) is 0 Å². The summed E-state index contributed by atoms with van der Waals surface area (Å²) >= 11 is 3.49. The van der Waals surface area contributed by atoms with E-state index in [0.29, 0.717) is 0 Å². The number of thiophene rings is 2. The number of hydrogen-bond donors (Lipinski definition) is 0. The molecule has 0 aromatic carbocycles. The van der Waals surface area contributed by atoms with Gasteiger partial charge in [-0.3, -0.25) is 9.69 Å². The minimum absolute atomic E-state index is 0.247. The minimum Gasteiger partial charge on any atom is -0.335 e. The van der Waals surface area contributed by atoms with Gasteiger partial charge in [-0.15, -0.1) is 11.3 Å². The van der Waals surface area contributed by atoms with Crippen LogP contribution in [0, 0.1) is 5.92 Å². The summed E-state index contributed by atoms with van der Waals surface area (Å²) in [5.41, 5.74) is 2.82. The second kappa shape index (κ2) is 6.98. The summed E-state index contributed by atoms with van der Waals surface area (Å²) in [5, 5.41) is 4.35. The van der Waals surface area contributed by atoms with E-state index in [2.05, 4.69) is 34.7 Å². The first-order valence-corrected chi connectivity index (χ1v) is 10.6. The summed E-state index contributed by atoms with van der Waals surface area (Å²) in [5.74, 6) is 1.01. The van der Waals surface area contributed by atoms with Crippen LogP contribution >= 0.6 is 22.7 Å². The maximum atomic E-state index is 12.8. The Bertz CT molecular complexity index is 699. The molecule has 3 nitrogen and oxygen atoms in total. The Morgan fingerprint density at radius 2 is 2.12 bits per heavy atom. The number of fused-ring (bicyclic) bond motifs is 1. The van der Waals surface area contributed by atoms with Gasteiger partial charge in [-0.05, 0) is 59.2 Å². The van der Waals surface area contributed by atoms with Crippen LogP contribution in [0.2, 0.25) is 0 Å². The molecule has 24 heavy (non-hydrogen) atoms. The third-order valence-corrected chi connectivity index (χ3v) is 7.14. The van der Waals surface area contributed by atoms with Gasteiger partial charge in [0.1, 0.15) is 0 Å². The highest BCUT2D eigenvalue weighted by molar-refractivity contribution is 7.14. The maximum absolute atomic E-state index is 12.8. The summed E-state index contributed by atoms with van der Waals surface area (Å²) in [6.07, 6.45) is 3.57. The van der Waals surface area contributed by atoms with Crippen molar-refractivity contribution in [2.24, 2.45) is 5.92 Å². The molecule has 1 fully saturated rings. The van der Waals surface area contributed by atoms with Gasteiger partial charge in [-0.2, -0.15) is 11.3 Å². The van der Waals surface area contributed by atoms with Crippen molar-refractivity contribution in [2.75, 3.05) is 26.2 Å². The molecule has 1 amide bonds. The molecular weight excluding hydrogens is 336 g/mol. The van der Waals surface area contributed by atoms with Crippen molar-refractivity contribution >= 4 is 28.6 Å². The average molecular weight is 361 g/mol. The zero-order valence-corrected chi connectivity index (χ0v) is 15.8. The molecule has 0 saturated carbocycles. The molecule has 0 unspecified atom stereocenters. The van der Waals surface area contributed by atoms with Crippen LogP contribution in [-0.4, -0.2) is 41.9 Å². The molecule has 0 radical (unpaired) electrons. The largest absolute Gasteiger partial charge is 0.335 e. The molecule has 1 aliphatic carbocycles. The van der Waals surface area contributed by atoms with E-state index in [1.165, 1.54) is 22.4 Å². The molecule has 4 rings (SSSR count). The van der Waals surface area contributed by atoms with Gasteiger partial charge in [0.2, 0.25) is 0 Å². The highest BCUT2D eigenvalue weighted by Gasteiger charge is 2.26. The predicted octanol–water partition coefficient (Wildman–Crippen LogP) is 3.89. The molecular formula is C19H24N2OS2. The number of hydrogen-bond acceptors (Lipinski definition) is 4. The molecule has 1 aliphatic heterocycles. The van der Waals surface area contributed by atoms with Gasteiger partial charge < -0.3 is 4.90 Å². The standard InChI is InChI=1S/C19H24N2OS2/c1-14-2-3-17-16(10-14)11-18(24-17)19(22)21-7-5-20(6-8-21)12-15-4-9-23-13-15/h4,9,11,13-14H,2-3,5-8,10,12H2,1H3/t14-/m0/s1. The van der Waals surface area contributed by atoms with Crippen LogP contribution in [0.3, 0.4) is 0 Å². The molecule has 5 heteroatoms.